The van der Waals surface area contributed by atoms with Crippen LogP contribution in [0.25, 0.3) is 0 Å². The Labute approximate surface area is 117 Å². The first kappa shape index (κ1) is 14.1. The minimum Gasteiger partial charge on any atom is -0.467 e. The van der Waals surface area contributed by atoms with Gasteiger partial charge in [-0.05, 0) is 43.7 Å². The van der Waals surface area contributed by atoms with E-state index in [9.17, 15) is 9.18 Å². The number of benzene rings is 1. The molecule has 106 valence electrons. The van der Waals surface area contributed by atoms with Crippen molar-refractivity contribution in [2.75, 3.05) is 0 Å². The van der Waals surface area contributed by atoms with Crippen LogP contribution in [-0.4, -0.2) is 6.03 Å². The van der Waals surface area contributed by atoms with Gasteiger partial charge in [-0.2, -0.15) is 0 Å². The molecule has 0 aliphatic rings. The number of nitrogens with one attached hydrogen (secondary N) is 2. The number of carbonyl (C=O) groups is 1. The maximum Gasteiger partial charge on any atom is 0.315 e. The molecule has 0 atom stereocenters. The molecule has 0 saturated heterocycles. The van der Waals surface area contributed by atoms with Crippen molar-refractivity contribution >= 4 is 6.03 Å². The summed E-state index contributed by atoms with van der Waals surface area (Å²) in [4.78, 5) is 11.9. The Morgan fingerprint density at radius 3 is 2.75 bits per heavy atom. The van der Waals surface area contributed by atoms with E-state index < -0.39 is 5.54 Å². The molecule has 1 aromatic carbocycles. The molecule has 1 heterocycles. The van der Waals surface area contributed by atoms with Gasteiger partial charge in [-0.15, -0.1) is 0 Å². The number of halogens is 1. The number of furan rings is 1. The summed E-state index contributed by atoms with van der Waals surface area (Å²) >= 11 is 0. The molecule has 0 saturated carbocycles. The highest BCUT2D eigenvalue weighted by molar-refractivity contribution is 5.74. The van der Waals surface area contributed by atoms with Gasteiger partial charge in [0.25, 0.3) is 0 Å². The fourth-order valence-corrected chi connectivity index (χ4v) is 1.86. The molecule has 2 rings (SSSR count). The van der Waals surface area contributed by atoms with Gasteiger partial charge in [-0.25, -0.2) is 9.18 Å². The first-order chi connectivity index (χ1) is 9.47. The minimum absolute atomic E-state index is 0.304. The lowest BCUT2D eigenvalue weighted by Gasteiger charge is -2.27. The standard InChI is InChI=1S/C15H17FN2O2/c1-15(2,11-5-3-6-12(16)9-11)18-14(19)17-10-13-7-4-8-20-13/h3-9H,10H2,1-2H3,(H2,17,18,19). The number of carbonyl (C=O) groups excluding carboxylic acids is 1. The lowest BCUT2D eigenvalue weighted by molar-refractivity contribution is 0.228. The molecule has 20 heavy (non-hydrogen) atoms. The van der Waals surface area contributed by atoms with Gasteiger partial charge < -0.3 is 15.1 Å². The van der Waals surface area contributed by atoms with Gasteiger partial charge in [0.15, 0.2) is 0 Å². The van der Waals surface area contributed by atoms with Gasteiger partial charge >= 0.3 is 6.03 Å². The van der Waals surface area contributed by atoms with Crippen LogP contribution in [0.3, 0.4) is 0 Å². The van der Waals surface area contributed by atoms with E-state index in [4.69, 9.17) is 4.42 Å². The smallest absolute Gasteiger partial charge is 0.315 e. The number of rotatable bonds is 4. The molecule has 0 spiro atoms. The zero-order chi connectivity index (χ0) is 14.6. The van der Waals surface area contributed by atoms with Gasteiger partial charge in [-0.3, -0.25) is 0 Å². The second-order valence-electron chi connectivity index (χ2n) is 5.02. The summed E-state index contributed by atoms with van der Waals surface area (Å²) in [6.45, 7) is 3.93. The summed E-state index contributed by atoms with van der Waals surface area (Å²) in [7, 11) is 0. The molecule has 1 aromatic heterocycles. The van der Waals surface area contributed by atoms with E-state index in [-0.39, 0.29) is 11.8 Å². The Morgan fingerprint density at radius 2 is 2.10 bits per heavy atom. The Morgan fingerprint density at radius 1 is 1.30 bits per heavy atom. The molecule has 4 nitrogen and oxygen atoms in total. The Bertz CT molecular complexity index is 579. The van der Waals surface area contributed by atoms with Gasteiger partial charge in [0, 0.05) is 0 Å². The molecule has 2 aromatic rings. The molecule has 0 aliphatic heterocycles. The van der Waals surface area contributed by atoms with E-state index in [2.05, 4.69) is 10.6 Å². The van der Waals surface area contributed by atoms with E-state index in [1.165, 1.54) is 12.1 Å². The topological polar surface area (TPSA) is 54.3 Å². The zero-order valence-corrected chi connectivity index (χ0v) is 11.4. The summed E-state index contributed by atoms with van der Waals surface area (Å²) in [5.41, 5.74) is 0.0284. The predicted octanol–water partition coefficient (Wildman–Crippen LogP) is 3.15. The molecular formula is C15H17FN2O2. The lowest BCUT2D eigenvalue weighted by Crippen LogP contribution is -2.46. The maximum atomic E-state index is 13.2. The molecule has 0 bridgehead atoms. The van der Waals surface area contributed by atoms with Crippen molar-refractivity contribution in [2.45, 2.75) is 25.9 Å². The highest BCUT2D eigenvalue weighted by Gasteiger charge is 2.23. The SMILES string of the molecule is CC(C)(NC(=O)NCc1ccco1)c1cccc(F)c1. The van der Waals surface area contributed by atoms with Gasteiger partial charge in [0.1, 0.15) is 11.6 Å². The predicted molar refractivity (Wildman–Crippen MR) is 73.5 cm³/mol. The van der Waals surface area contributed by atoms with E-state index in [1.807, 2.05) is 13.8 Å². The largest absolute Gasteiger partial charge is 0.467 e. The molecular weight excluding hydrogens is 259 g/mol. The molecule has 0 fully saturated rings. The highest BCUT2D eigenvalue weighted by atomic mass is 19.1. The van der Waals surface area contributed by atoms with Crippen molar-refractivity contribution < 1.29 is 13.6 Å². The summed E-state index contributed by atoms with van der Waals surface area (Å²) < 4.78 is 18.4. The molecule has 0 aliphatic carbocycles. The lowest BCUT2D eigenvalue weighted by atomic mass is 9.94. The van der Waals surface area contributed by atoms with Crippen LogP contribution < -0.4 is 10.6 Å². The number of urea groups is 1. The summed E-state index contributed by atoms with van der Waals surface area (Å²) in [5, 5.41) is 5.49. The average Bonchev–Trinajstić information content (AvgIpc) is 2.89. The van der Waals surface area contributed by atoms with Crippen molar-refractivity contribution in [1.82, 2.24) is 10.6 Å². The van der Waals surface area contributed by atoms with Crippen molar-refractivity contribution in [1.29, 1.82) is 0 Å². The van der Waals surface area contributed by atoms with Crippen LogP contribution in [0.4, 0.5) is 9.18 Å². The van der Waals surface area contributed by atoms with E-state index in [1.54, 1.807) is 30.5 Å². The van der Waals surface area contributed by atoms with Crippen LogP contribution in [0.5, 0.6) is 0 Å². The first-order valence-electron chi connectivity index (χ1n) is 6.32. The number of amides is 2. The van der Waals surface area contributed by atoms with Crippen LogP contribution in [0.2, 0.25) is 0 Å². The maximum absolute atomic E-state index is 13.2. The van der Waals surface area contributed by atoms with Crippen molar-refractivity contribution in [3.05, 3.63) is 59.8 Å². The van der Waals surface area contributed by atoms with Crippen LogP contribution in [-0.2, 0) is 12.1 Å². The summed E-state index contributed by atoms with van der Waals surface area (Å²) in [6.07, 6.45) is 1.55. The number of hydrogen-bond donors (Lipinski definition) is 2. The number of hydrogen-bond acceptors (Lipinski definition) is 2. The molecule has 5 heteroatoms. The van der Waals surface area contributed by atoms with Crippen molar-refractivity contribution in [3.63, 3.8) is 0 Å². The summed E-state index contributed by atoms with van der Waals surface area (Å²) in [5.74, 6) is 0.345. The van der Waals surface area contributed by atoms with Gasteiger partial charge in [0.2, 0.25) is 0 Å². The van der Waals surface area contributed by atoms with E-state index in [0.717, 1.165) is 0 Å². The van der Waals surface area contributed by atoms with E-state index in [0.29, 0.717) is 17.9 Å². The van der Waals surface area contributed by atoms with Gasteiger partial charge in [0.05, 0.1) is 18.3 Å². The zero-order valence-electron chi connectivity index (χ0n) is 11.4. The van der Waals surface area contributed by atoms with Crippen molar-refractivity contribution in [3.8, 4) is 0 Å². The molecule has 0 radical (unpaired) electrons. The summed E-state index contributed by atoms with van der Waals surface area (Å²) in [6, 6.07) is 9.37. The van der Waals surface area contributed by atoms with Crippen LogP contribution in [0.15, 0.2) is 47.1 Å². The van der Waals surface area contributed by atoms with Crippen molar-refractivity contribution in [2.24, 2.45) is 0 Å². The second kappa shape index (κ2) is 5.77. The van der Waals surface area contributed by atoms with E-state index >= 15 is 0 Å². The Kier molecular flexibility index (Phi) is 4.08. The normalized spacial score (nSPS) is 11.2. The third kappa shape index (κ3) is 3.60. The third-order valence-electron chi connectivity index (χ3n) is 2.98. The average molecular weight is 276 g/mol. The van der Waals surface area contributed by atoms with Crippen LogP contribution >= 0.6 is 0 Å². The van der Waals surface area contributed by atoms with Gasteiger partial charge in [-0.1, -0.05) is 12.1 Å². The van der Waals surface area contributed by atoms with Crippen LogP contribution in [0.1, 0.15) is 25.2 Å². The molecule has 2 N–H and O–H groups in total. The monoisotopic (exact) mass is 276 g/mol. The molecule has 0 unspecified atom stereocenters. The fourth-order valence-electron chi connectivity index (χ4n) is 1.86. The quantitative estimate of drug-likeness (QED) is 0.901. The fraction of sp³-hybridized carbons (Fsp3) is 0.267. The highest BCUT2D eigenvalue weighted by Crippen LogP contribution is 2.20. The first-order valence-corrected chi connectivity index (χ1v) is 6.32. The Balaban J connectivity index is 1.95. The Hall–Kier alpha value is -2.30. The molecule has 2 amide bonds. The minimum atomic E-state index is -0.671. The second-order valence-corrected chi connectivity index (χ2v) is 5.02. The third-order valence-corrected chi connectivity index (χ3v) is 2.98. The van der Waals surface area contributed by atoms with Crippen LogP contribution in [0, 0.1) is 5.82 Å².